The van der Waals surface area contributed by atoms with Crippen LogP contribution in [0.4, 0.5) is 5.69 Å². The van der Waals surface area contributed by atoms with Crippen molar-refractivity contribution in [3.05, 3.63) is 58.9 Å². The first-order chi connectivity index (χ1) is 9.24. The molecule has 3 heteroatoms. The van der Waals surface area contributed by atoms with E-state index >= 15 is 0 Å². The molecule has 0 saturated heterocycles. The Bertz CT molecular complexity index is 523. The van der Waals surface area contributed by atoms with E-state index in [4.69, 9.17) is 11.6 Å². The van der Waals surface area contributed by atoms with Crippen LogP contribution in [0.2, 0.25) is 5.15 Å². The number of anilines is 1. The van der Waals surface area contributed by atoms with E-state index in [0.717, 1.165) is 18.5 Å². The highest BCUT2D eigenvalue weighted by Crippen LogP contribution is 2.26. The number of pyridine rings is 1. The van der Waals surface area contributed by atoms with Crippen LogP contribution >= 0.6 is 11.6 Å². The van der Waals surface area contributed by atoms with Crippen LogP contribution in [-0.4, -0.2) is 4.98 Å². The Hall–Kier alpha value is -1.54. The van der Waals surface area contributed by atoms with E-state index in [0.29, 0.717) is 5.15 Å². The van der Waals surface area contributed by atoms with Crippen molar-refractivity contribution < 1.29 is 0 Å². The van der Waals surface area contributed by atoms with Gasteiger partial charge < -0.3 is 5.32 Å². The number of aryl methyl sites for hydroxylation is 1. The van der Waals surface area contributed by atoms with E-state index in [-0.39, 0.29) is 6.04 Å². The lowest BCUT2D eigenvalue weighted by Gasteiger charge is -2.19. The third-order valence-corrected chi connectivity index (χ3v) is 3.59. The fraction of sp³-hybridized carbons (Fsp3) is 0.312. The molecule has 0 aliphatic rings. The Kier molecular flexibility index (Phi) is 4.80. The number of halogens is 1. The zero-order chi connectivity index (χ0) is 13.7. The molecular weight excluding hydrogens is 256 g/mol. The molecule has 0 saturated carbocycles. The van der Waals surface area contributed by atoms with Gasteiger partial charge in [-0.3, -0.25) is 0 Å². The number of benzene rings is 1. The highest BCUT2D eigenvalue weighted by atomic mass is 35.5. The van der Waals surface area contributed by atoms with Crippen LogP contribution < -0.4 is 5.32 Å². The standard InChI is InChI=1S/C16H19ClN2/c1-3-12-7-9-13(10-8-12)14(4-2)19-15-6-5-11-18-16(15)17/h5-11,14,19H,3-4H2,1-2H3. The van der Waals surface area contributed by atoms with Gasteiger partial charge in [0.05, 0.1) is 11.7 Å². The van der Waals surface area contributed by atoms with Crippen molar-refractivity contribution in [2.24, 2.45) is 0 Å². The van der Waals surface area contributed by atoms with Crippen LogP contribution in [0.15, 0.2) is 42.6 Å². The summed E-state index contributed by atoms with van der Waals surface area (Å²) < 4.78 is 0. The summed E-state index contributed by atoms with van der Waals surface area (Å²) in [5.74, 6) is 0. The summed E-state index contributed by atoms with van der Waals surface area (Å²) in [6.45, 7) is 4.33. The molecule has 0 bridgehead atoms. The topological polar surface area (TPSA) is 24.9 Å². The summed E-state index contributed by atoms with van der Waals surface area (Å²) in [5.41, 5.74) is 3.52. The fourth-order valence-corrected chi connectivity index (χ4v) is 2.26. The smallest absolute Gasteiger partial charge is 0.152 e. The molecule has 1 N–H and O–H groups in total. The Morgan fingerprint density at radius 2 is 1.89 bits per heavy atom. The first-order valence-electron chi connectivity index (χ1n) is 6.70. The molecular formula is C16H19ClN2. The minimum Gasteiger partial charge on any atom is -0.376 e. The van der Waals surface area contributed by atoms with Gasteiger partial charge in [-0.1, -0.05) is 49.7 Å². The van der Waals surface area contributed by atoms with E-state index < -0.39 is 0 Å². The molecule has 2 nitrogen and oxygen atoms in total. The van der Waals surface area contributed by atoms with E-state index in [1.165, 1.54) is 11.1 Å². The first-order valence-corrected chi connectivity index (χ1v) is 7.08. The fourth-order valence-electron chi connectivity index (χ4n) is 2.09. The van der Waals surface area contributed by atoms with Crippen LogP contribution in [-0.2, 0) is 6.42 Å². The molecule has 0 fully saturated rings. The van der Waals surface area contributed by atoms with Gasteiger partial charge in [0.2, 0.25) is 0 Å². The molecule has 19 heavy (non-hydrogen) atoms. The lowest BCUT2D eigenvalue weighted by Crippen LogP contribution is -2.10. The maximum absolute atomic E-state index is 6.09. The maximum Gasteiger partial charge on any atom is 0.152 e. The largest absolute Gasteiger partial charge is 0.376 e. The predicted octanol–water partition coefficient (Wildman–Crippen LogP) is 4.86. The van der Waals surface area contributed by atoms with Crippen LogP contribution in [0.5, 0.6) is 0 Å². The Morgan fingerprint density at radius 1 is 1.16 bits per heavy atom. The lowest BCUT2D eigenvalue weighted by atomic mass is 10.0. The van der Waals surface area contributed by atoms with Gasteiger partial charge in [-0.25, -0.2) is 4.98 Å². The number of nitrogens with one attached hydrogen (secondary N) is 1. The van der Waals surface area contributed by atoms with Gasteiger partial charge >= 0.3 is 0 Å². The van der Waals surface area contributed by atoms with Gasteiger partial charge in [0.15, 0.2) is 5.15 Å². The molecule has 0 spiro atoms. The maximum atomic E-state index is 6.09. The zero-order valence-electron chi connectivity index (χ0n) is 11.4. The van der Waals surface area contributed by atoms with Crippen LogP contribution in [0.25, 0.3) is 0 Å². The van der Waals surface area contributed by atoms with E-state index in [1.807, 2.05) is 12.1 Å². The van der Waals surface area contributed by atoms with E-state index in [9.17, 15) is 0 Å². The average Bonchev–Trinajstić information content (AvgIpc) is 2.47. The summed E-state index contributed by atoms with van der Waals surface area (Å²) in [4.78, 5) is 4.09. The normalized spacial score (nSPS) is 12.2. The minimum atomic E-state index is 0.257. The molecule has 1 aromatic carbocycles. The summed E-state index contributed by atoms with van der Waals surface area (Å²) in [6.07, 6.45) is 3.76. The molecule has 100 valence electrons. The van der Waals surface area contributed by atoms with Crippen molar-refractivity contribution in [1.82, 2.24) is 4.98 Å². The van der Waals surface area contributed by atoms with Gasteiger partial charge in [-0.2, -0.15) is 0 Å². The first kappa shape index (κ1) is 13.9. The zero-order valence-corrected chi connectivity index (χ0v) is 12.1. The monoisotopic (exact) mass is 274 g/mol. The second kappa shape index (κ2) is 6.58. The van der Waals surface area contributed by atoms with Gasteiger partial charge in [0.1, 0.15) is 0 Å². The van der Waals surface area contributed by atoms with Crippen molar-refractivity contribution in [3.8, 4) is 0 Å². The van der Waals surface area contributed by atoms with Crippen LogP contribution in [0.3, 0.4) is 0 Å². The number of hydrogen-bond donors (Lipinski definition) is 1. The van der Waals surface area contributed by atoms with E-state index in [2.05, 4.69) is 48.4 Å². The average molecular weight is 275 g/mol. The van der Waals surface area contributed by atoms with Crippen LogP contribution in [0, 0.1) is 0 Å². The highest BCUT2D eigenvalue weighted by molar-refractivity contribution is 6.31. The molecule has 0 radical (unpaired) electrons. The van der Waals surface area contributed by atoms with Crippen molar-refractivity contribution in [1.29, 1.82) is 0 Å². The number of nitrogens with zero attached hydrogens (tertiary/aromatic N) is 1. The molecule has 2 rings (SSSR count). The van der Waals surface area contributed by atoms with Crippen molar-refractivity contribution in [2.45, 2.75) is 32.7 Å². The predicted molar refractivity (Wildman–Crippen MR) is 81.7 cm³/mol. The number of hydrogen-bond acceptors (Lipinski definition) is 2. The van der Waals surface area contributed by atoms with Gasteiger partial charge in [-0.05, 0) is 36.1 Å². The summed E-state index contributed by atoms with van der Waals surface area (Å²) >= 11 is 6.09. The van der Waals surface area contributed by atoms with Crippen molar-refractivity contribution in [2.75, 3.05) is 5.32 Å². The highest BCUT2D eigenvalue weighted by Gasteiger charge is 2.10. The van der Waals surface area contributed by atoms with Crippen LogP contribution in [0.1, 0.15) is 37.4 Å². The quantitative estimate of drug-likeness (QED) is 0.788. The molecule has 2 aromatic rings. The Balaban J connectivity index is 2.17. The lowest BCUT2D eigenvalue weighted by molar-refractivity contribution is 0.748. The molecule has 1 aromatic heterocycles. The Morgan fingerprint density at radius 3 is 2.47 bits per heavy atom. The Labute approximate surface area is 119 Å². The molecule has 0 aliphatic heterocycles. The van der Waals surface area contributed by atoms with E-state index in [1.54, 1.807) is 6.20 Å². The molecule has 0 amide bonds. The third kappa shape index (κ3) is 3.48. The SMILES string of the molecule is CCc1ccc(C(CC)Nc2cccnc2Cl)cc1. The van der Waals surface area contributed by atoms with Gasteiger partial charge in [0.25, 0.3) is 0 Å². The summed E-state index contributed by atoms with van der Waals surface area (Å²) in [5, 5.41) is 3.98. The summed E-state index contributed by atoms with van der Waals surface area (Å²) in [6, 6.07) is 12.8. The molecule has 1 unspecified atom stereocenters. The third-order valence-electron chi connectivity index (χ3n) is 3.29. The second-order valence-corrected chi connectivity index (χ2v) is 4.90. The number of rotatable bonds is 5. The second-order valence-electron chi connectivity index (χ2n) is 4.54. The van der Waals surface area contributed by atoms with Crippen molar-refractivity contribution in [3.63, 3.8) is 0 Å². The van der Waals surface area contributed by atoms with Crippen molar-refractivity contribution >= 4 is 17.3 Å². The number of aromatic nitrogens is 1. The molecule has 0 aliphatic carbocycles. The molecule has 1 heterocycles. The minimum absolute atomic E-state index is 0.257. The molecule has 1 atom stereocenters. The van der Waals surface area contributed by atoms with Gasteiger partial charge in [0, 0.05) is 6.20 Å². The van der Waals surface area contributed by atoms with Gasteiger partial charge in [-0.15, -0.1) is 0 Å². The summed E-state index contributed by atoms with van der Waals surface area (Å²) in [7, 11) is 0.